The molecule has 0 aliphatic carbocycles. The molecule has 2 rings (SSSR count). The van der Waals surface area contributed by atoms with Gasteiger partial charge in [0, 0.05) is 0 Å². The SMILES string of the molecule is CCC(C)(C)OC(=O)c1ooc1C(=O)Oc1ccccc1. The molecule has 0 radical (unpaired) electrons. The van der Waals surface area contributed by atoms with Gasteiger partial charge in [0.15, 0.2) is 0 Å². The van der Waals surface area contributed by atoms with E-state index in [9.17, 15) is 9.59 Å². The zero-order valence-corrected chi connectivity index (χ0v) is 12.0. The number of carbonyl (C=O) groups excluding carboxylic acids is 2. The van der Waals surface area contributed by atoms with Crippen LogP contribution in [0.5, 0.6) is 5.75 Å². The van der Waals surface area contributed by atoms with E-state index >= 15 is 0 Å². The van der Waals surface area contributed by atoms with E-state index < -0.39 is 17.5 Å². The molecule has 21 heavy (non-hydrogen) atoms. The first-order chi connectivity index (χ1) is 9.93. The summed E-state index contributed by atoms with van der Waals surface area (Å²) in [6.45, 7) is 5.39. The molecule has 6 heteroatoms. The molecule has 2 aromatic rings. The highest BCUT2D eigenvalue weighted by molar-refractivity contribution is 6.00. The van der Waals surface area contributed by atoms with E-state index in [1.54, 1.807) is 44.2 Å². The molecule has 112 valence electrons. The second kappa shape index (κ2) is 5.87. The molecule has 0 spiro atoms. The molecule has 0 amide bonds. The molecule has 0 aliphatic heterocycles. The standard InChI is InChI=1S/C15H16O6/c1-4-15(2,3)19-14(17)12-11(20-21-12)13(16)18-10-8-6-5-7-9-10/h5-9H,4H2,1-3H3. The van der Waals surface area contributed by atoms with Gasteiger partial charge in [0.1, 0.15) is 11.4 Å². The zero-order valence-electron chi connectivity index (χ0n) is 12.0. The van der Waals surface area contributed by atoms with Crippen LogP contribution < -0.4 is 4.74 Å². The third-order valence-corrected chi connectivity index (χ3v) is 2.96. The molecule has 0 saturated heterocycles. The van der Waals surface area contributed by atoms with Crippen LogP contribution >= 0.6 is 0 Å². The predicted octanol–water partition coefficient (Wildman–Crippen LogP) is 3.44. The maximum atomic E-state index is 11.9. The smallest absolute Gasteiger partial charge is 0.388 e. The minimum absolute atomic E-state index is 0.280. The van der Waals surface area contributed by atoms with Crippen LogP contribution in [0.15, 0.2) is 39.5 Å². The van der Waals surface area contributed by atoms with Crippen LogP contribution in [0.2, 0.25) is 0 Å². The minimum Gasteiger partial charge on any atom is -0.454 e. The Labute approximate surface area is 121 Å². The quantitative estimate of drug-likeness (QED) is 0.477. The van der Waals surface area contributed by atoms with Gasteiger partial charge in [-0.3, -0.25) is 9.15 Å². The highest BCUT2D eigenvalue weighted by Crippen LogP contribution is 2.22. The summed E-state index contributed by atoms with van der Waals surface area (Å²) in [7, 11) is 0. The molecule has 6 nitrogen and oxygen atoms in total. The molecule has 0 aliphatic rings. The van der Waals surface area contributed by atoms with Crippen LogP contribution in [-0.2, 0) is 4.74 Å². The Morgan fingerprint density at radius 3 is 2.14 bits per heavy atom. The van der Waals surface area contributed by atoms with Crippen LogP contribution in [0.4, 0.5) is 0 Å². The van der Waals surface area contributed by atoms with Crippen molar-refractivity contribution in [3.05, 3.63) is 41.9 Å². The van der Waals surface area contributed by atoms with Crippen molar-refractivity contribution >= 4 is 11.9 Å². The van der Waals surface area contributed by atoms with Crippen LogP contribution in [0.1, 0.15) is 48.3 Å². The Balaban J connectivity index is 2.04. The van der Waals surface area contributed by atoms with Gasteiger partial charge in [-0.15, -0.1) is 0 Å². The summed E-state index contributed by atoms with van der Waals surface area (Å²) in [6.07, 6.45) is 0.622. The van der Waals surface area contributed by atoms with Crippen LogP contribution in [0.3, 0.4) is 0 Å². The van der Waals surface area contributed by atoms with E-state index in [1.165, 1.54) is 0 Å². The number of rotatable bonds is 5. The van der Waals surface area contributed by atoms with E-state index in [1.807, 2.05) is 6.92 Å². The molecule has 1 heterocycles. The van der Waals surface area contributed by atoms with Crippen LogP contribution in [0, 0.1) is 0 Å². The minimum atomic E-state index is -0.811. The van der Waals surface area contributed by atoms with Gasteiger partial charge in [-0.25, -0.2) is 9.59 Å². The molecule has 0 atom stereocenters. The molecule has 0 unspecified atom stereocenters. The van der Waals surface area contributed by atoms with Crippen molar-refractivity contribution in [3.63, 3.8) is 0 Å². The largest absolute Gasteiger partial charge is 0.454 e. The van der Waals surface area contributed by atoms with E-state index in [0.717, 1.165) is 0 Å². The molecule has 0 N–H and O–H groups in total. The number of hydrogen-bond donors (Lipinski definition) is 0. The Bertz CT molecular complexity index is 620. The van der Waals surface area contributed by atoms with Gasteiger partial charge < -0.3 is 9.47 Å². The molecule has 1 aromatic heterocycles. The average molecular weight is 292 g/mol. The molecular formula is C15H16O6. The van der Waals surface area contributed by atoms with E-state index in [-0.39, 0.29) is 11.5 Å². The molecule has 1 aromatic carbocycles. The summed E-state index contributed by atoms with van der Waals surface area (Å²) >= 11 is 0. The van der Waals surface area contributed by atoms with Crippen LogP contribution in [-0.4, -0.2) is 17.5 Å². The third-order valence-electron chi connectivity index (χ3n) is 2.96. The summed E-state index contributed by atoms with van der Waals surface area (Å²) in [5.74, 6) is -1.80. The predicted molar refractivity (Wildman–Crippen MR) is 72.2 cm³/mol. The van der Waals surface area contributed by atoms with E-state index in [0.29, 0.717) is 12.2 Å². The van der Waals surface area contributed by atoms with Gasteiger partial charge in [-0.05, 0) is 32.4 Å². The normalized spacial score (nSPS) is 11.2. The highest BCUT2D eigenvalue weighted by atomic mass is 17.0. The van der Waals surface area contributed by atoms with Gasteiger partial charge in [0.05, 0.1) is 0 Å². The van der Waals surface area contributed by atoms with Crippen molar-refractivity contribution < 1.29 is 28.2 Å². The number of carbonyl (C=O) groups is 2. The number of hydrogen-bond acceptors (Lipinski definition) is 6. The Morgan fingerprint density at radius 2 is 1.62 bits per heavy atom. The molecule has 0 bridgehead atoms. The van der Waals surface area contributed by atoms with E-state index in [4.69, 9.17) is 9.47 Å². The fourth-order valence-electron chi connectivity index (χ4n) is 1.39. The fraction of sp³-hybridized carbons (Fsp3) is 0.333. The number of benzene rings is 1. The van der Waals surface area contributed by atoms with E-state index in [2.05, 4.69) is 9.15 Å². The summed E-state index contributed by atoms with van der Waals surface area (Å²) in [5.41, 5.74) is -0.655. The Kier molecular flexibility index (Phi) is 4.16. The van der Waals surface area contributed by atoms with Crippen molar-refractivity contribution in [1.82, 2.24) is 0 Å². The van der Waals surface area contributed by atoms with Gasteiger partial charge in [-0.2, -0.15) is 0 Å². The second-order valence-electron chi connectivity index (χ2n) is 5.03. The second-order valence-corrected chi connectivity index (χ2v) is 5.03. The van der Waals surface area contributed by atoms with Crippen molar-refractivity contribution in [2.45, 2.75) is 32.8 Å². The lowest BCUT2D eigenvalue weighted by molar-refractivity contribution is -0.0537. The number of ether oxygens (including phenoxy) is 2. The highest BCUT2D eigenvalue weighted by Gasteiger charge is 2.34. The summed E-state index contributed by atoms with van der Waals surface area (Å²) < 4.78 is 19.4. The van der Waals surface area contributed by atoms with Crippen molar-refractivity contribution in [2.75, 3.05) is 0 Å². The lowest BCUT2D eigenvalue weighted by Gasteiger charge is -2.22. The van der Waals surface area contributed by atoms with Crippen molar-refractivity contribution in [3.8, 4) is 5.75 Å². The third kappa shape index (κ3) is 3.53. The Hall–Kier alpha value is -2.50. The molecular weight excluding hydrogens is 276 g/mol. The lowest BCUT2D eigenvalue weighted by atomic mass is 10.1. The number of para-hydroxylation sites is 1. The first kappa shape index (κ1) is 14.9. The van der Waals surface area contributed by atoms with Gasteiger partial charge >= 0.3 is 23.5 Å². The first-order valence-electron chi connectivity index (χ1n) is 6.52. The average Bonchev–Trinajstić information content (AvgIpc) is 2.37. The topological polar surface area (TPSA) is 78.9 Å². The lowest BCUT2D eigenvalue weighted by Crippen LogP contribution is -2.29. The molecule has 0 fully saturated rings. The first-order valence-corrected chi connectivity index (χ1v) is 6.52. The van der Waals surface area contributed by atoms with Gasteiger partial charge in [0.2, 0.25) is 0 Å². The monoisotopic (exact) mass is 292 g/mol. The number of esters is 2. The zero-order chi connectivity index (χ0) is 15.5. The summed E-state index contributed by atoms with van der Waals surface area (Å²) in [6, 6.07) is 8.43. The summed E-state index contributed by atoms with van der Waals surface area (Å²) in [5, 5.41) is 0. The Morgan fingerprint density at radius 1 is 1.05 bits per heavy atom. The summed E-state index contributed by atoms with van der Waals surface area (Å²) in [4.78, 5) is 23.7. The fourth-order valence-corrected chi connectivity index (χ4v) is 1.39. The van der Waals surface area contributed by atoms with Gasteiger partial charge in [-0.1, -0.05) is 25.1 Å². The molecule has 0 saturated carbocycles. The maximum Gasteiger partial charge on any atom is 0.388 e. The maximum absolute atomic E-state index is 11.9. The van der Waals surface area contributed by atoms with Crippen molar-refractivity contribution in [2.24, 2.45) is 0 Å². The van der Waals surface area contributed by atoms with Crippen molar-refractivity contribution in [1.29, 1.82) is 0 Å². The van der Waals surface area contributed by atoms with Gasteiger partial charge in [0.25, 0.3) is 0 Å². The van der Waals surface area contributed by atoms with Crippen LogP contribution in [0.25, 0.3) is 0 Å².